The number of aromatic nitrogens is 1. The second-order valence-electron chi connectivity index (χ2n) is 3.59. The SMILES string of the molecule is O=S(=O)(NCCc1nccs1)N1CCOCC1. The van der Waals surface area contributed by atoms with E-state index in [0.717, 1.165) is 5.01 Å². The highest BCUT2D eigenvalue weighted by Gasteiger charge is 2.23. The Kier molecular flexibility index (Phi) is 4.46. The monoisotopic (exact) mass is 277 g/mol. The predicted molar refractivity (Wildman–Crippen MR) is 65.1 cm³/mol. The lowest BCUT2D eigenvalue weighted by Gasteiger charge is -2.25. The molecule has 0 saturated carbocycles. The molecule has 2 rings (SSSR count). The third-order valence-electron chi connectivity index (χ3n) is 2.42. The van der Waals surface area contributed by atoms with Gasteiger partial charge in [-0.1, -0.05) is 0 Å². The number of hydrogen-bond acceptors (Lipinski definition) is 5. The number of nitrogens with one attached hydrogen (secondary N) is 1. The van der Waals surface area contributed by atoms with Gasteiger partial charge >= 0.3 is 0 Å². The summed E-state index contributed by atoms with van der Waals surface area (Å²) in [5, 5.41) is 2.82. The molecule has 0 amide bonds. The Morgan fingerprint density at radius 2 is 2.24 bits per heavy atom. The molecule has 17 heavy (non-hydrogen) atoms. The summed E-state index contributed by atoms with van der Waals surface area (Å²) in [6.07, 6.45) is 2.34. The lowest BCUT2D eigenvalue weighted by Crippen LogP contribution is -2.47. The van der Waals surface area contributed by atoms with Crippen molar-refractivity contribution < 1.29 is 13.2 Å². The highest BCUT2D eigenvalue weighted by atomic mass is 32.2. The molecule has 8 heteroatoms. The Bertz CT molecular complexity index is 426. The zero-order chi connectivity index (χ0) is 12.1. The molecule has 1 saturated heterocycles. The largest absolute Gasteiger partial charge is 0.379 e. The van der Waals surface area contributed by atoms with Gasteiger partial charge in [-0.05, 0) is 0 Å². The van der Waals surface area contributed by atoms with Crippen LogP contribution in [0.3, 0.4) is 0 Å². The van der Waals surface area contributed by atoms with E-state index in [-0.39, 0.29) is 0 Å². The average Bonchev–Trinajstić information content (AvgIpc) is 2.83. The molecule has 1 N–H and O–H groups in total. The molecule has 0 bridgehead atoms. The van der Waals surface area contributed by atoms with Gasteiger partial charge in [-0.2, -0.15) is 12.7 Å². The zero-order valence-corrected chi connectivity index (χ0v) is 11.0. The number of hydrogen-bond donors (Lipinski definition) is 1. The zero-order valence-electron chi connectivity index (χ0n) is 9.33. The van der Waals surface area contributed by atoms with E-state index >= 15 is 0 Å². The molecule has 0 unspecified atom stereocenters. The molecule has 0 atom stereocenters. The van der Waals surface area contributed by atoms with Crippen LogP contribution in [0.1, 0.15) is 5.01 Å². The summed E-state index contributed by atoms with van der Waals surface area (Å²) in [6, 6.07) is 0. The molecule has 1 aromatic heterocycles. The van der Waals surface area contributed by atoms with Crippen LogP contribution in [-0.4, -0.2) is 50.6 Å². The average molecular weight is 277 g/mol. The van der Waals surface area contributed by atoms with E-state index in [1.807, 2.05) is 5.38 Å². The Balaban J connectivity index is 1.80. The first-order valence-electron chi connectivity index (χ1n) is 5.39. The second kappa shape index (κ2) is 5.87. The van der Waals surface area contributed by atoms with Gasteiger partial charge in [0.1, 0.15) is 0 Å². The van der Waals surface area contributed by atoms with Gasteiger partial charge in [0.05, 0.1) is 18.2 Å². The van der Waals surface area contributed by atoms with Gasteiger partial charge in [-0.3, -0.25) is 0 Å². The topological polar surface area (TPSA) is 71.5 Å². The number of ether oxygens (including phenoxy) is 1. The van der Waals surface area contributed by atoms with E-state index in [1.165, 1.54) is 15.6 Å². The summed E-state index contributed by atoms with van der Waals surface area (Å²) in [4.78, 5) is 4.10. The van der Waals surface area contributed by atoms with Gasteiger partial charge < -0.3 is 4.74 Å². The third kappa shape index (κ3) is 3.71. The first-order chi connectivity index (χ1) is 8.18. The van der Waals surface area contributed by atoms with Crippen molar-refractivity contribution in [3.05, 3.63) is 16.6 Å². The van der Waals surface area contributed by atoms with E-state index in [4.69, 9.17) is 4.74 Å². The molecular formula is C9H15N3O3S2. The normalized spacial score (nSPS) is 18.4. The Morgan fingerprint density at radius 1 is 1.47 bits per heavy atom. The quantitative estimate of drug-likeness (QED) is 0.812. The van der Waals surface area contributed by atoms with Crippen molar-refractivity contribution in [1.29, 1.82) is 0 Å². The molecule has 1 fully saturated rings. The van der Waals surface area contributed by atoms with Crippen molar-refractivity contribution in [1.82, 2.24) is 14.0 Å². The fourth-order valence-corrected chi connectivity index (χ4v) is 3.33. The highest BCUT2D eigenvalue weighted by Crippen LogP contribution is 2.05. The smallest absolute Gasteiger partial charge is 0.279 e. The lowest BCUT2D eigenvalue weighted by molar-refractivity contribution is 0.0725. The second-order valence-corrected chi connectivity index (χ2v) is 6.32. The van der Waals surface area contributed by atoms with E-state index in [2.05, 4.69) is 9.71 Å². The first-order valence-corrected chi connectivity index (χ1v) is 7.71. The summed E-state index contributed by atoms with van der Waals surface area (Å²) < 4.78 is 32.8. The Morgan fingerprint density at radius 3 is 2.88 bits per heavy atom. The summed E-state index contributed by atoms with van der Waals surface area (Å²) in [6.45, 7) is 2.16. The van der Waals surface area contributed by atoms with E-state index < -0.39 is 10.2 Å². The van der Waals surface area contributed by atoms with Crippen LogP contribution in [-0.2, 0) is 21.4 Å². The number of rotatable bonds is 5. The first kappa shape index (κ1) is 12.9. The maximum atomic E-state index is 11.9. The van der Waals surface area contributed by atoms with E-state index in [1.54, 1.807) is 6.20 Å². The maximum absolute atomic E-state index is 11.9. The molecule has 1 aliphatic rings. The predicted octanol–water partition coefficient (Wildman–Crippen LogP) is -0.148. The highest BCUT2D eigenvalue weighted by molar-refractivity contribution is 7.87. The molecule has 0 aromatic carbocycles. The van der Waals surface area contributed by atoms with Crippen LogP contribution < -0.4 is 4.72 Å². The minimum Gasteiger partial charge on any atom is -0.379 e. The Labute approximate surface area is 105 Å². The van der Waals surface area contributed by atoms with Crippen LogP contribution in [0.25, 0.3) is 0 Å². The van der Waals surface area contributed by atoms with Crippen molar-refractivity contribution >= 4 is 21.5 Å². The molecule has 1 aromatic rings. The number of nitrogens with zero attached hydrogens (tertiary/aromatic N) is 2. The minimum atomic E-state index is -3.36. The number of thiazole rings is 1. The molecule has 1 aliphatic heterocycles. The third-order valence-corrected chi connectivity index (χ3v) is 4.87. The maximum Gasteiger partial charge on any atom is 0.279 e. The fraction of sp³-hybridized carbons (Fsp3) is 0.667. The van der Waals surface area contributed by atoms with Crippen LogP contribution in [0.5, 0.6) is 0 Å². The van der Waals surface area contributed by atoms with Crippen molar-refractivity contribution in [3.63, 3.8) is 0 Å². The van der Waals surface area contributed by atoms with Crippen LogP contribution in [0.15, 0.2) is 11.6 Å². The molecule has 96 valence electrons. The minimum absolute atomic E-state index is 0.382. The summed E-state index contributed by atoms with van der Waals surface area (Å²) in [7, 11) is -3.36. The molecular weight excluding hydrogens is 262 g/mol. The molecule has 0 spiro atoms. The van der Waals surface area contributed by atoms with Crippen molar-refractivity contribution in [2.75, 3.05) is 32.8 Å². The summed E-state index contributed by atoms with van der Waals surface area (Å²) in [5.41, 5.74) is 0. The van der Waals surface area contributed by atoms with Crippen molar-refractivity contribution in [2.45, 2.75) is 6.42 Å². The van der Waals surface area contributed by atoms with Gasteiger partial charge in [0.25, 0.3) is 10.2 Å². The summed E-state index contributed by atoms with van der Waals surface area (Å²) >= 11 is 1.53. The Hall–Kier alpha value is -0.540. The van der Waals surface area contributed by atoms with Crippen molar-refractivity contribution in [3.8, 4) is 0 Å². The van der Waals surface area contributed by atoms with E-state index in [0.29, 0.717) is 39.3 Å². The van der Waals surface area contributed by atoms with Crippen molar-refractivity contribution in [2.24, 2.45) is 0 Å². The van der Waals surface area contributed by atoms with Gasteiger partial charge in [-0.25, -0.2) is 9.71 Å². The van der Waals surface area contributed by atoms with Crippen LogP contribution in [0.4, 0.5) is 0 Å². The molecule has 0 radical (unpaired) electrons. The molecule has 2 heterocycles. The van der Waals surface area contributed by atoms with Gasteiger partial charge in [0.15, 0.2) is 0 Å². The van der Waals surface area contributed by atoms with E-state index in [9.17, 15) is 8.42 Å². The molecule has 0 aliphatic carbocycles. The van der Waals surface area contributed by atoms with Gasteiger partial charge in [-0.15, -0.1) is 11.3 Å². The van der Waals surface area contributed by atoms with Crippen LogP contribution >= 0.6 is 11.3 Å². The van der Waals surface area contributed by atoms with Crippen LogP contribution in [0, 0.1) is 0 Å². The van der Waals surface area contributed by atoms with Gasteiger partial charge in [0.2, 0.25) is 0 Å². The fourth-order valence-electron chi connectivity index (χ4n) is 1.54. The standard InChI is InChI=1S/C9H15N3O3S2/c13-17(14,12-4-6-15-7-5-12)11-2-1-9-10-3-8-16-9/h3,8,11H,1-2,4-7H2. The van der Waals surface area contributed by atoms with Crippen LogP contribution in [0.2, 0.25) is 0 Å². The van der Waals surface area contributed by atoms with Gasteiger partial charge in [0, 0.05) is 37.6 Å². The molecule has 6 nitrogen and oxygen atoms in total. The lowest BCUT2D eigenvalue weighted by atomic mass is 10.5. The number of morpholine rings is 1. The summed E-state index contributed by atoms with van der Waals surface area (Å²) in [5.74, 6) is 0.